The van der Waals surface area contributed by atoms with Gasteiger partial charge in [-0.15, -0.1) is 0 Å². The molecule has 0 radical (unpaired) electrons. The van der Waals surface area contributed by atoms with Crippen molar-refractivity contribution in [1.82, 2.24) is 0 Å². The first-order chi connectivity index (χ1) is 8.99. The van der Waals surface area contributed by atoms with E-state index in [0.717, 1.165) is 37.8 Å². The molecule has 0 amide bonds. The lowest BCUT2D eigenvalue weighted by Gasteiger charge is -2.35. The van der Waals surface area contributed by atoms with Gasteiger partial charge in [0.15, 0.2) is 11.6 Å². The molecule has 1 nitrogen and oxygen atoms in total. The van der Waals surface area contributed by atoms with Crippen LogP contribution in [0.5, 0.6) is 0 Å². The Bertz CT molecular complexity index is 422. The number of anilines is 1. The summed E-state index contributed by atoms with van der Waals surface area (Å²) >= 11 is 0. The van der Waals surface area contributed by atoms with Crippen molar-refractivity contribution in [3.8, 4) is 0 Å². The van der Waals surface area contributed by atoms with Crippen LogP contribution >= 0.6 is 0 Å². The van der Waals surface area contributed by atoms with Crippen LogP contribution in [0.15, 0.2) is 12.1 Å². The monoisotopic (exact) mass is 271 g/mol. The minimum Gasteiger partial charge on any atom is -0.377 e. The van der Waals surface area contributed by atoms with E-state index >= 15 is 0 Å². The lowest BCUT2D eigenvalue weighted by atomic mass is 9.78. The van der Waals surface area contributed by atoms with E-state index in [1.165, 1.54) is 0 Å². The standard InChI is InChI=1S/C15H20F3N/c1-9(2)11-5-3-4-6-14(11)19-15-12(17)7-10(16)8-13(15)18/h7-9,11,14,19H,3-6H2,1-2H3. The Kier molecular flexibility index (Phi) is 4.38. The molecule has 0 saturated heterocycles. The zero-order chi connectivity index (χ0) is 14.0. The molecule has 0 bridgehead atoms. The van der Waals surface area contributed by atoms with Crippen molar-refractivity contribution in [3.05, 3.63) is 29.6 Å². The van der Waals surface area contributed by atoms with Gasteiger partial charge in [0.05, 0.1) is 0 Å². The molecular weight excluding hydrogens is 251 g/mol. The van der Waals surface area contributed by atoms with E-state index in [1.807, 2.05) is 0 Å². The summed E-state index contributed by atoms with van der Waals surface area (Å²) in [4.78, 5) is 0. The van der Waals surface area contributed by atoms with Crippen LogP contribution in [-0.2, 0) is 0 Å². The predicted octanol–water partition coefficient (Wildman–Crippen LogP) is 4.73. The zero-order valence-electron chi connectivity index (χ0n) is 11.3. The van der Waals surface area contributed by atoms with Gasteiger partial charge in [0.25, 0.3) is 0 Å². The van der Waals surface area contributed by atoms with Gasteiger partial charge in [-0.2, -0.15) is 0 Å². The average Bonchev–Trinajstić information content (AvgIpc) is 2.34. The van der Waals surface area contributed by atoms with Crippen molar-refractivity contribution in [2.45, 2.75) is 45.6 Å². The van der Waals surface area contributed by atoms with Crippen molar-refractivity contribution < 1.29 is 13.2 Å². The van der Waals surface area contributed by atoms with Crippen LogP contribution in [0.1, 0.15) is 39.5 Å². The van der Waals surface area contributed by atoms with E-state index in [-0.39, 0.29) is 11.7 Å². The summed E-state index contributed by atoms with van der Waals surface area (Å²) in [6.45, 7) is 4.25. The van der Waals surface area contributed by atoms with Gasteiger partial charge in [-0.1, -0.05) is 26.7 Å². The summed E-state index contributed by atoms with van der Waals surface area (Å²) in [5.74, 6) is -1.73. The highest BCUT2D eigenvalue weighted by molar-refractivity contribution is 5.47. The summed E-state index contributed by atoms with van der Waals surface area (Å²) in [5, 5.41) is 2.96. The molecule has 106 valence electrons. The van der Waals surface area contributed by atoms with Crippen LogP contribution in [-0.4, -0.2) is 6.04 Å². The second-order valence-electron chi connectivity index (χ2n) is 5.69. The Morgan fingerprint density at radius 2 is 1.63 bits per heavy atom. The fourth-order valence-electron chi connectivity index (χ4n) is 3.00. The highest BCUT2D eigenvalue weighted by atomic mass is 19.1. The van der Waals surface area contributed by atoms with E-state index in [0.29, 0.717) is 11.8 Å². The van der Waals surface area contributed by atoms with Gasteiger partial charge in [-0.3, -0.25) is 0 Å². The third-order valence-electron chi connectivity index (χ3n) is 4.01. The fourth-order valence-corrected chi connectivity index (χ4v) is 3.00. The summed E-state index contributed by atoms with van der Waals surface area (Å²) in [5.41, 5.74) is -0.195. The van der Waals surface area contributed by atoms with Gasteiger partial charge >= 0.3 is 0 Å². The third-order valence-corrected chi connectivity index (χ3v) is 4.01. The van der Waals surface area contributed by atoms with Crippen LogP contribution < -0.4 is 5.32 Å². The smallest absolute Gasteiger partial charge is 0.152 e. The lowest BCUT2D eigenvalue weighted by molar-refractivity contribution is 0.253. The largest absolute Gasteiger partial charge is 0.377 e. The van der Waals surface area contributed by atoms with Gasteiger partial charge in [0.2, 0.25) is 0 Å². The van der Waals surface area contributed by atoms with E-state index < -0.39 is 17.5 Å². The molecular formula is C15H20F3N. The Labute approximate surface area is 112 Å². The molecule has 2 atom stereocenters. The van der Waals surface area contributed by atoms with Crippen LogP contribution in [0.4, 0.5) is 18.9 Å². The van der Waals surface area contributed by atoms with Crippen molar-refractivity contribution >= 4 is 5.69 Å². The van der Waals surface area contributed by atoms with E-state index in [1.54, 1.807) is 0 Å². The normalized spacial score (nSPS) is 23.7. The number of rotatable bonds is 3. The lowest BCUT2D eigenvalue weighted by Crippen LogP contribution is -2.35. The van der Waals surface area contributed by atoms with Gasteiger partial charge in [0.1, 0.15) is 11.5 Å². The molecule has 1 fully saturated rings. The molecule has 0 aliphatic heterocycles. The minimum absolute atomic E-state index is 0.0585. The Hall–Kier alpha value is -1.19. The SMILES string of the molecule is CC(C)C1CCCCC1Nc1c(F)cc(F)cc1F. The highest BCUT2D eigenvalue weighted by Crippen LogP contribution is 2.33. The third kappa shape index (κ3) is 3.23. The van der Waals surface area contributed by atoms with E-state index in [4.69, 9.17) is 0 Å². The second-order valence-corrected chi connectivity index (χ2v) is 5.69. The molecule has 0 spiro atoms. The average molecular weight is 271 g/mol. The topological polar surface area (TPSA) is 12.0 Å². The number of hydrogen-bond donors (Lipinski definition) is 1. The summed E-state index contributed by atoms with van der Waals surface area (Å²) < 4.78 is 40.2. The Morgan fingerprint density at radius 1 is 1.05 bits per heavy atom. The van der Waals surface area contributed by atoms with Crippen molar-refractivity contribution in [3.63, 3.8) is 0 Å². The number of hydrogen-bond acceptors (Lipinski definition) is 1. The molecule has 2 unspecified atom stereocenters. The first kappa shape index (κ1) is 14.2. The van der Waals surface area contributed by atoms with Gasteiger partial charge < -0.3 is 5.32 Å². The number of benzene rings is 1. The number of halogens is 3. The van der Waals surface area contributed by atoms with Crippen LogP contribution in [0.2, 0.25) is 0 Å². The first-order valence-electron chi connectivity index (χ1n) is 6.90. The van der Waals surface area contributed by atoms with Crippen LogP contribution in [0.25, 0.3) is 0 Å². The maximum atomic E-state index is 13.7. The molecule has 1 N–H and O–H groups in total. The van der Waals surface area contributed by atoms with Gasteiger partial charge in [0, 0.05) is 18.2 Å². The van der Waals surface area contributed by atoms with Crippen molar-refractivity contribution in [2.75, 3.05) is 5.32 Å². The second kappa shape index (κ2) is 5.85. The number of nitrogens with one attached hydrogen (secondary N) is 1. The molecule has 1 aromatic carbocycles. The molecule has 1 aromatic rings. The maximum Gasteiger partial charge on any atom is 0.152 e. The summed E-state index contributed by atoms with van der Waals surface area (Å²) in [7, 11) is 0. The first-order valence-corrected chi connectivity index (χ1v) is 6.90. The molecule has 1 aliphatic carbocycles. The maximum absolute atomic E-state index is 13.7. The molecule has 0 heterocycles. The highest BCUT2D eigenvalue weighted by Gasteiger charge is 2.28. The summed E-state index contributed by atoms with van der Waals surface area (Å²) in [6.07, 6.45) is 4.19. The molecule has 19 heavy (non-hydrogen) atoms. The Morgan fingerprint density at radius 3 is 2.21 bits per heavy atom. The fraction of sp³-hybridized carbons (Fsp3) is 0.600. The Balaban J connectivity index is 2.19. The van der Waals surface area contributed by atoms with Gasteiger partial charge in [-0.25, -0.2) is 13.2 Å². The molecule has 0 aromatic heterocycles. The molecule has 4 heteroatoms. The molecule has 1 aliphatic rings. The van der Waals surface area contributed by atoms with Crippen molar-refractivity contribution in [1.29, 1.82) is 0 Å². The minimum atomic E-state index is -0.885. The summed E-state index contributed by atoms with van der Waals surface area (Å²) in [6, 6.07) is 1.50. The van der Waals surface area contributed by atoms with Gasteiger partial charge in [-0.05, 0) is 24.7 Å². The zero-order valence-corrected chi connectivity index (χ0v) is 11.3. The van der Waals surface area contributed by atoms with Crippen LogP contribution in [0.3, 0.4) is 0 Å². The van der Waals surface area contributed by atoms with E-state index in [9.17, 15) is 13.2 Å². The molecule has 2 rings (SSSR count). The quantitative estimate of drug-likeness (QED) is 0.838. The van der Waals surface area contributed by atoms with E-state index in [2.05, 4.69) is 19.2 Å². The molecule has 1 saturated carbocycles. The predicted molar refractivity (Wildman–Crippen MR) is 70.5 cm³/mol. The van der Waals surface area contributed by atoms with Crippen LogP contribution in [0, 0.1) is 29.3 Å². The van der Waals surface area contributed by atoms with Crippen molar-refractivity contribution in [2.24, 2.45) is 11.8 Å².